The first kappa shape index (κ1) is 13.4. The lowest BCUT2D eigenvalue weighted by molar-refractivity contribution is -0.385. The van der Waals surface area contributed by atoms with Gasteiger partial charge < -0.3 is 0 Å². The van der Waals surface area contributed by atoms with Crippen LogP contribution in [0.15, 0.2) is 42.7 Å². The van der Waals surface area contributed by atoms with Gasteiger partial charge in [-0.15, -0.1) is 0 Å². The van der Waals surface area contributed by atoms with E-state index in [4.69, 9.17) is 2.74 Å². The van der Waals surface area contributed by atoms with Gasteiger partial charge in [-0.25, -0.2) is 4.39 Å². The van der Waals surface area contributed by atoms with Crippen molar-refractivity contribution in [2.75, 3.05) is 0 Å². The van der Waals surface area contributed by atoms with Gasteiger partial charge in [0.15, 0.2) is 0 Å². The molecule has 0 unspecified atom stereocenters. The summed E-state index contributed by atoms with van der Waals surface area (Å²) >= 11 is 0. The summed E-state index contributed by atoms with van der Waals surface area (Å²) in [4.78, 5) is 14.6. The number of nitro benzene ring substituents is 1. The van der Waals surface area contributed by atoms with Crippen molar-refractivity contribution in [2.45, 2.75) is 13.3 Å². The zero-order valence-electron chi connectivity index (χ0n) is 15.0. The Bertz CT molecular complexity index is 1000. The Kier molecular flexibility index (Phi) is 3.45. The predicted octanol–water partition coefficient (Wildman–Crippen LogP) is 3.43. The highest BCUT2D eigenvalue weighted by molar-refractivity contribution is 5.66. The second-order valence-electron chi connectivity index (χ2n) is 5.34. The summed E-state index contributed by atoms with van der Waals surface area (Å²) in [6, 6.07) is 6.40. The van der Waals surface area contributed by atoms with Crippen LogP contribution in [0.2, 0.25) is 0 Å². The fourth-order valence-corrected chi connectivity index (χ4v) is 2.34. The van der Waals surface area contributed by atoms with Crippen LogP contribution in [0, 0.1) is 22.9 Å². The van der Waals surface area contributed by atoms with Crippen molar-refractivity contribution in [3.05, 3.63) is 75.5 Å². The first-order valence-electron chi connectivity index (χ1n) is 8.11. The number of non-ortho nitro benzene ring substituents is 1. The number of aryl methyl sites for hydroxylation is 2. The topological polar surface area (TPSA) is 73.8 Å². The first-order valence-corrected chi connectivity index (χ1v) is 7.11. The standard InChI is InChI=1S/C17H15FN4O2/c1-11-3-4-15(5-12-9-19-21(2)10-12)20-17(11)13-6-14(18)8-16(7-13)22(23)24/h3-4,6-10H,5H2,1-2H3/i5D2. The van der Waals surface area contributed by atoms with Gasteiger partial charge in [-0.05, 0) is 30.2 Å². The monoisotopic (exact) mass is 328 g/mol. The number of hydrogen-bond donors (Lipinski definition) is 0. The molecule has 0 aliphatic heterocycles. The molecule has 0 atom stereocenters. The Morgan fingerprint density at radius 3 is 2.83 bits per heavy atom. The molecule has 0 spiro atoms. The lowest BCUT2D eigenvalue weighted by Crippen LogP contribution is -1.98. The van der Waals surface area contributed by atoms with Crippen molar-refractivity contribution in [2.24, 2.45) is 7.05 Å². The number of aromatic nitrogens is 3. The van der Waals surface area contributed by atoms with Crippen molar-refractivity contribution in [1.82, 2.24) is 14.8 Å². The van der Waals surface area contributed by atoms with E-state index in [2.05, 4.69) is 10.1 Å². The third kappa shape index (κ3) is 3.29. The third-order valence-corrected chi connectivity index (χ3v) is 3.44. The molecule has 3 rings (SSSR count). The van der Waals surface area contributed by atoms with E-state index in [-0.39, 0.29) is 22.6 Å². The largest absolute Gasteiger partial charge is 0.276 e. The average molecular weight is 328 g/mol. The molecule has 0 radical (unpaired) electrons. The molecular weight excluding hydrogens is 311 g/mol. The molecule has 2 aromatic heterocycles. The van der Waals surface area contributed by atoms with Crippen molar-refractivity contribution in [3.63, 3.8) is 0 Å². The van der Waals surface area contributed by atoms with E-state index >= 15 is 0 Å². The van der Waals surface area contributed by atoms with Crippen LogP contribution in [-0.4, -0.2) is 19.7 Å². The fourth-order valence-electron chi connectivity index (χ4n) is 2.34. The van der Waals surface area contributed by atoms with Gasteiger partial charge in [0, 0.05) is 39.7 Å². The summed E-state index contributed by atoms with van der Waals surface area (Å²) in [5.74, 6) is -0.754. The fraction of sp³-hybridized carbons (Fsp3) is 0.176. The van der Waals surface area contributed by atoms with Gasteiger partial charge in [0.2, 0.25) is 0 Å². The Hall–Kier alpha value is -3.09. The minimum absolute atomic E-state index is 0.109. The van der Waals surface area contributed by atoms with E-state index in [1.165, 1.54) is 16.9 Å². The van der Waals surface area contributed by atoms with E-state index in [0.717, 1.165) is 12.1 Å². The van der Waals surface area contributed by atoms with Crippen molar-refractivity contribution in [1.29, 1.82) is 0 Å². The Morgan fingerprint density at radius 2 is 2.17 bits per heavy atom. The highest BCUT2D eigenvalue weighted by Gasteiger charge is 2.14. The van der Waals surface area contributed by atoms with Crippen molar-refractivity contribution < 1.29 is 12.1 Å². The molecule has 0 aliphatic rings. The summed E-state index contributed by atoms with van der Waals surface area (Å²) in [5, 5.41) is 15.0. The van der Waals surface area contributed by atoms with Crippen LogP contribution < -0.4 is 0 Å². The van der Waals surface area contributed by atoms with E-state index < -0.39 is 17.1 Å². The quantitative estimate of drug-likeness (QED) is 0.543. The minimum Gasteiger partial charge on any atom is -0.276 e. The van der Waals surface area contributed by atoms with Crippen molar-refractivity contribution >= 4 is 5.69 Å². The summed E-state index contributed by atoms with van der Waals surface area (Å²) in [6.07, 6.45) is 1.04. The number of pyridine rings is 1. The number of benzene rings is 1. The van der Waals surface area contributed by atoms with Crippen LogP contribution in [0.5, 0.6) is 0 Å². The normalized spacial score (nSPS) is 12.6. The van der Waals surface area contributed by atoms with Gasteiger partial charge in [0.25, 0.3) is 5.69 Å². The smallest absolute Gasteiger partial charge is 0.273 e. The molecule has 0 fully saturated rings. The van der Waals surface area contributed by atoms with Gasteiger partial charge in [0.1, 0.15) is 5.82 Å². The maximum atomic E-state index is 13.8. The molecule has 0 amide bonds. The highest BCUT2D eigenvalue weighted by Crippen LogP contribution is 2.27. The number of halogens is 1. The second-order valence-corrected chi connectivity index (χ2v) is 5.34. The zero-order chi connectivity index (χ0) is 19.1. The lowest BCUT2D eigenvalue weighted by atomic mass is 10.0. The van der Waals surface area contributed by atoms with Crippen LogP contribution in [-0.2, 0) is 13.4 Å². The van der Waals surface area contributed by atoms with Crippen molar-refractivity contribution in [3.8, 4) is 11.3 Å². The van der Waals surface area contributed by atoms with Gasteiger partial charge in [-0.1, -0.05) is 6.07 Å². The Morgan fingerprint density at radius 1 is 1.38 bits per heavy atom. The van der Waals surface area contributed by atoms with Crippen LogP contribution in [0.25, 0.3) is 11.3 Å². The Labute approximate surface area is 140 Å². The highest BCUT2D eigenvalue weighted by atomic mass is 19.1. The lowest BCUT2D eigenvalue weighted by Gasteiger charge is -2.08. The van der Waals surface area contributed by atoms with E-state index in [9.17, 15) is 14.5 Å². The van der Waals surface area contributed by atoms with Crippen LogP contribution >= 0.6 is 0 Å². The van der Waals surface area contributed by atoms with Crippen LogP contribution in [0.3, 0.4) is 0 Å². The second kappa shape index (κ2) is 6.19. The van der Waals surface area contributed by atoms with Gasteiger partial charge in [-0.2, -0.15) is 5.10 Å². The molecular formula is C17H15FN4O2. The van der Waals surface area contributed by atoms with E-state index in [1.54, 1.807) is 32.3 Å². The first-order chi connectivity index (χ1) is 12.2. The molecule has 6 nitrogen and oxygen atoms in total. The molecule has 122 valence electrons. The predicted molar refractivity (Wildman–Crippen MR) is 87.0 cm³/mol. The van der Waals surface area contributed by atoms with E-state index in [1.807, 2.05) is 0 Å². The molecule has 24 heavy (non-hydrogen) atoms. The summed E-state index contributed by atoms with van der Waals surface area (Å²) in [6.45, 7) is 1.72. The molecule has 1 aromatic carbocycles. The van der Waals surface area contributed by atoms with E-state index in [0.29, 0.717) is 11.1 Å². The molecule has 0 N–H and O–H groups in total. The third-order valence-electron chi connectivity index (χ3n) is 3.44. The van der Waals surface area contributed by atoms with Gasteiger partial charge in [0.05, 0.1) is 22.9 Å². The molecule has 3 aromatic rings. The van der Waals surface area contributed by atoms with Gasteiger partial charge in [-0.3, -0.25) is 19.8 Å². The van der Waals surface area contributed by atoms with Gasteiger partial charge >= 0.3 is 0 Å². The summed E-state index contributed by atoms with van der Waals surface area (Å²) in [7, 11) is 1.68. The van der Waals surface area contributed by atoms with Crippen LogP contribution in [0.1, 0.15) is 19.6 Å². The maximum Gasteiger partial charge on any atom is 0.273 e. The number of nitrogens with zero attached hydrogens (tertiary/aromatic N) is 4. The number of nitro groups is 1. The average Bonchev–Trinajstić information content (AvgIpc) is 3.01. The van der Waals surface area contributed by atoms with Crippen LogP contribution in [0.4, 0.5) is 10.1 Å². The molecule has 0 saturated carbocycles. The molecule has 0 saturated heterocycles. The number of rotatable bonds is 4. The molecule has 0 aliphatic carbocycles. The zero-order valence-corrected chi connectivity index (χ0v) is 13.0. The molecule has 7 heteroatoms. The Balaban J connectivity index is 2.13. The number of hydrogen-bond acceptors (Lipinski definition) is 4. The minimum atomic E-state index is -1.92. The summed E-state index contributed by atoms with van der Waals surface area (Å²) in [5.41, 5.74) is 1.21. The molecule has 2 heterocycles. The maximum absolute atomic E-state index is 13.8. The summed E-state index contributed by atoms with van der Waals surface area (Å²) < 4.78 is 32.0. The molecule has 0 bridgehead atoms. The SMILES string of the molecule is [2H]C([2H])(c1cnn(C)c1)c1ccc(C)c(-c2cc(F)cc([N+](=O)[O-])c2)n1.